The highest BCUT2D eigenvalue weighted by Gasteiger charge is 2.45. The van der Waals surface area contributed by atoms with E-state index in [0.29, 0.717) is 22.9 Å². The monoisotopic (exact) mass is 516 g/mol. The largest absolute Gasteiger partial charge is 0.519 e. The minimum Gasteiger partial charge on any atom is -0.519 e. The summed E-state index contributed by atoms with van der Waals surface area (Å²) >= 11 is 0. The molecular weight excluding hydrogens is 456 g/mol. The molecular formula is C28H60O4Si2. The van der Waals surface area contributed by atoms with Crippen LogP contribution in [0, 0.1) is 10.8 Å². The second-order valence-electron chi connectivity index (χ2n) is 13.8. The first kappa shape index (κ1) is 35.5. The first-order valence-corrected chi connectivity index (χ1v) is 18.7. The Morgan fingerprint density at radius 3 is 1.26 bits per heavy atom. The maximum absolute atomic E-state index is 12.2. The Morgan fingerprint density at radius 2 is 1.00 bits per heavy atom. The van der Waals surface area contributed by atoms with E-state index >= 15 is 0 Å². The number of carbonyl (C=O) groups excluding carboxylic acids is 2. The predicted molar refractivity (Wildman–Crippen MR) is 153 cm³/mol. The van der Waals surface area contributed by atoms with Crippen molar-refractivity contribution in [2.75, 3.05) is 6.23 Å². The lowest BCUT2D eigenvalue weighted by Crippen LogP contribution is -2.50. The third-order valence-corrected chi connectivity index (χ3v) is 20.1. The quantitative estimate of drug-likeness (QED) is 0.214. The molecule has 0 aromatic heterocycles. The summed E-state index contributed by atoms with van der Waals surface area (Å²) in [5.41, 5.74) is 1.18. The zero-order chi connectivity index (χ0) is 27.9. The van der Waals surface area contributed by atoms with E-state index in [-0.39, 0.29) is 27.8 Å². The average Bonchev–Trinajstić information content (AvgIpc) is 2.66. The number of hydrogen-bond acceptors (Lipinski definition) is 4. The van der Waals surface area contributed by atoms with Gasteiger partial charge in [0.2, 0.25) is 0 Å². The smallest absolute Gasteiger partial charge is 0.311 e. The summed E-state index contributed by atoms with van der Waals surface area (Å²) in [4.78, 5) is 24.2. The van der Waals surface area contributed by atoms with Crippen LogP contribution in [0.2, 0.25) is 34.8 Å². The molecule has 0 rings (SSSR count). The standard InChI is InChI=1S/C16H34O2Si.C12H26O2Si/c1-10-16(8,9)15(17)18-11-19(12(2)3,13(4)5)14(6)7;1-9-12(5,6)10(13)14-15(7,8)11(2,3)4/h12-14H,10-11H2,1-9H3;9H2,1-8H3. The van der Waals surface area contributed by atoms with Gasteiger partial charge in [0.05, 0.1) is 17.1 Å². The molecule has 6 heteroatoms. The van der Waals surface area contributed by atoms with Gasteiger partial charge >= 0.3 is 5.97 Å². The van der Waals surface area contributed by atoms with Crippen LogP contribution in [-0.4, -0.2) is 34.6 Å². The molecule has 0 amide bonds. The predicted octanol–water partition coefficient (Wildman–Crippen LogP) is 9.15. The summed E-state index contributed by atoms with van der Waals surface area (Å²) in [6.45, 7) is 36.3. The Labute approximate surface area is 215 Å². The van der Waals surface area contributed by atoms with E-state index in [2.05, 4.69) is 75.4 Å². The van der Waals surface area contributed by atoms with E-state index in [1.165, 1.54) is 0 Å². The molecule has 34 heavy (non-hydrogen) atoms. The fourth-order valence-electron chi connectivity index (χ4n) is 3.70. The molecule has 0 fully saturated rings. The van der Waals surface area contributed by atoms with Crippen molar-refractivity contribution in [3.63, 3.8) is 0 Å². The molecule has 0 bridgehead atoms. The number of hydrogen-bond donors (Lipinski definition) is 0. The lowest BCUT2D eigenvalue weighted by molar-refractivity contribution is -0.152. The van der Waals surface area contributed by atoms with E-state index in [1.807, 2.05) is 41.5 Å². The van der Waals surface area contributed by atoms with Crippen LogP contribution >= 0.6 is 0 Å². The second-order valence-corrected chi connectivity index (χ2v) is 24.5. The Morgan fingerprint density at radius 1 is 0.676 bits per heavy atom. The number of esters is 1. The van der Waals surface area contributed by atoms with Crippen LogP contribution in [0.1, 0.15) is 117 Å². The third kappa shape index (κ3) is 9.44. The van der Waals surface area contributed by atoms with Gasteiger partial charge in [-0.15, -0.1) is 0 Å². The first-order chi connectivity index (χ1) is 15.0. The summed E-state index contributed by atoms with van der Waals surface area (Å²) in [7, 11) is -3.57. The fourth-order valence-corrected chi connectivity index (χ4v) is 10.1. The zero-order valence-corrected chi connectivity index (χ0v) is 28.0. The molecule has 0 aliphatic heterocycles. The molecule has 0 aromatic carbocycles. The molecule has 0 radical (unpaired) electrons. The van der Waals surface area contributed by atoms with Crippen molar-refractivity contribution in [3.05, 3.63) is 0 Å². The van der Waals surface area contributed by atoms with E-state index < -0.39 is 16.4 Å². The number of carbonyl (C=O) groups is 2. The van der Waals surface area contributed by atoms with Gasteiger partial charge < -0.3 is 9.16 Å². The minimum absolute atomic E-state index is 0.0335. The zero-order valence-electron chi connectivity index (χ0n) is 26.0. The first-order valence-electron chi connectivity index (χ1n) is 13.4. The van der Waals surface area contributed by atoms with E-state index in [1.54, 1.807) is 0 Å². The Hall–Kier alpha value is -0.626. The van der Waals surface area contributed by atoms with Gasteiger partial charge in [0, 0.05) is 0 Å². The van der Waals surface area contributed by atoms with Crippen molar-refractivity contribution >= 4 is 28.3 Å². The molecule has 0 spiro atoms. The second kappa shape index (κ2) is 13.1. The molecule has 0 heterocycles. The third-order valence-electron chi connectivity index (χ3n) is 8.70. The fraction of sp³-hybridized carbons (Fsp3) is 0.929. The molecule has 0 unspecified atom stereocenters. The molecule has 204 valence electrons. The van der Waals surface area contributed by atoms with Crippen LogP contribution < -0.4 is 0 Å². The lowest BCUT2D eigenvalue weighted by atomic mass is 9.91. The summed E-state index contributed by atoms with van der Waals surface area (Å²) < 4.78 is 11.5. The van der Waals surface area contributed by atoms with Gasteiger partial charge in [-0.1, -0.05) is 76.2 Å². The Kier molecular flexibility index (Phi) is 13.7. The van der Waals surface area contributed by atoms with Crippen LogP contribution in [0.25, 0.3) is 0 Å². The molecule has 4 nitrogen and oxygen atoms in total. The summed E-state index contributed by atoms with van der Waals surface area (Å²) in [6.07, 6.45) is 2.31. The lowest BCUT2D eigenvalue weighted by Gasteiger charge is -2.42. The molecule has 0 saturated heterocycles. The highest BCUT2D eigenvalue weighted by atomic mass is 28.4. The van der Waals surface area contributed by atoms with Crippen LogP contribution in [0.15, 0.2) is 0 Å². The minimum atomic E-state index is -1.94. The topological polar surface area (TPSA) is 52.6 Å². The summed E-state index contributed by atoms with van der Waals surface area (Å²) in [6, 6.07) is 0. The van der Waals surface area contributed by atoms with Crippen LogP contribution in [0.4, 0.5) is 0 Å². The van der Waals surface area contributed by atoms with Gasteiger partial charge in [-0.25, -0.2) is 0 Å². The van der Waals surface area contributed by atoms with Crippen molar-refractivity contribution in [3.8, 4) is 0 Å². The molecule has 0 aliphatic carbocycles. The Bertz CT molecular complexity index is 620. The van der Waals surface area contributed by atoms with Gasteiger partial charge in [-0.05, 0) is 75.3 Å². The van der Waals surface area contributed by atoms with Crippen LogP contribution in [-0.2, 0) is 18.8 Å². The van der Waals surface area contributed by atoms with Crippen LogP contribution in [0.5, 0.6) is 0 Å². The van der Waals surface area contributed by atoms with E-state index in [0.717, 1.165) is 12.8 Å². The SMILES string of the molecule is CCC(C)(C)C(=O)OC[Si](C(C)C)(C(C)C)C(C)C.CCC(C)(C)C(=O)O[Si](C)(C)C(C)(C)C. The maximum Gasteiger partial charge on any atom is 0.311 e. The van der Waals surface area contributed by atoms with Gasteiger partial charge in [-0.3, -0.25) is 9.59 Å². The molecule has 0 atom stereocenters. The van der Waals surface area contributed by atoms with E-state index in [9.17, 15) is 9.59 Å². The highest BCUT2D eigenvalue weighted by molar-refractivity contribution is 6.83. The van der Waals surface area contributed by atoms with E-state index in [4.69, 9.17) is 9.16 Å². The van der Waals surface area contributed by atoms with Gasteiger partial charge in [0.25, 0.3) is 14.3 Å². The van der Waals surface area contributed by atoms with Crippen LogP contribution in [0.3, 0.4) is 0 Å². The maximum atomic E-state index is 12.2. The molecule has 0 saturated carbocycles. The number of rotatable bonds is 10. The van der Waals surface area contributed by atoms with Crippen molar-refractivity contribution < 1.29 is 18.8 Å². The molecule has 0 aliphatic rings. The van der Waals surface area contributed by atoms with Crippen molar-refractivity contribution in [2.24, 2.45) is 10.8 Å². The van der Waals surface area contributed by atoms with Crippen molar-refractivity contribution in [1.82, 2.24) is 0 Å². The highest BCUT2D eigenvalue weighted by Crippen LogP contribution is 2.42. The van der Waals surface area contributed by atoms with Gasteiger partial charge in [-0.2, -0.15) is 0 Å². The Balaban J connectivity index is 0. The average molecular weight is 517 g/mol. The van der Waals surface area contributed by atoms with Crippen molar-refractivity contribution in [1.29, 1.82) is 0 Å². The van der Waals surface area contributed by atoms with Gasteiger partial charge in [0.15, 0.2) is 0 Å². The summed E-state index contributed by atoms with van der Waals surface area (Å²) in [5.74, 6) is -0.0783. The summed E-state index contributed by atoms with van der Waals surface area (Å²) in [5, 5.41) is 0.0898. The molecule has 0 N–H and O–H groups in total. The number of ether oxygens (including phenoxy) is 1. The normalized spacial score (nSPS) is 13.6. The molecule has 0 aromatic rings. The van der Waals surface area contributed by atoms with Gasteiger partial charge in [0.1, 0.15) is 8.07 Å². The van der Waals surface area contributed by atoms with Crippen molar-refractivity contribution in [2.45, 2.75) is 151 Å².